The fraction of sp³-hybridized carbons (Fsp3) is 0.559. The number of ether oxygens (including phenoxy) is 4. The van der Waals surface area contributed by atoms with Crippen molar-refractivity contribution in [2.45, 2.75) is 92.5 Å². The molecule has 8 heteroatoms. The van der Waals surface area contributed by atoms with Crippen LogP contribution in [0.15, 0.2) is 47.5 Å². The fourth-order valence-electron chi connectivity index (χ4n) is 5.11. The lowest BCUT2D eigenvalue weighted by molar-refractivity contribution is -0.236. The Morgan fingerprint density at radius 2 is 1.50 bits per heavy atom. The first-order chi connectivity index (χ1) is 19.8. The summed E-state index contributed by atoms with van der Waals surface area (Å²) in [7, 11) is 3.12. The minimum Gasteiger partial charge on any atom is -0.497 e. The van der Waals surface area contributed by atoms with Crippen LogP contribution in [0.1, 0.15) is 78.9 Å². The standard InChI is InChI=1S/C34H48N2O6/c1-22(2)11-10-12-24(5)36(21-26-15-13-25(14-16-26)19-23(3)4)31(30-32(37)41-34(6,7)42-33(30)38)35-28-18-17-27(39-8)20-29(28)40-9/h13-18,20,22-24,30H,10-12,19,21H2,1-9H3. The van der Waals surface area contributed by atoms with Crippen LogP contribution in [0.4, 0.5) is 5.69 Å². The summed E-state index contributed by atoms with van der Waals surface area (Å²) in [5, 5.41) is 0. The molecule has 1 atom stereocenters. The molecule has 2 aromatic carbocycles. The van der Waals surface area contributed by atoms with E-state index in [1.165, 1.54) is 5.56 Å². The van der Waals surface area contributed by atoms with Crippen LogP contribution in [0.5, 0.6) is 11.5 Å². The normalized spacial score (nSPS) is 16.3. The van der Waals surface area contributed by atoms with Crippen LogP contribution < -0.4 is 9.47 Å². The van der Waals surface area contributed by atoms with Crippen LogP contribution in [0.2, 0.25) is 0 Å². The van der Waals surface area contributed by atoms with E-state index in [0.29, 0.717) is 35.6 Å². The largest absolute Gasteiger partial charge is 0.497 e. The number of esters is 2. The maximum absolute atomic E-state index is 13.5. The van der Waals surface area contributed by atoms with E-state index < -0.39 is 23.6 Å². The molecule has 1 aliphatic heterocycles. The number of amidine groups is 1. The fourth-order valence-corrected chi connectivity index (χ4v) is 5.11. The lowest BCUT2D eigenvalue weighted by Gasteiger charge is -2.39. The summed E-state index contributed by atoms with van der Waals surface area (Å²) < 4.78 is 22.1. The van der Waals surface area contributed by atoms with Crippen molar-refractivity contribution in [3.8, 4) is 11.5 Å². The second kappa shape index (κ2) is 14.6. The van der Waals surface area contributed by atoms with Crippen molar-refractivity contribution < 1.29 is 28.5 Å². The SMILES string of the molecule is COc1ccc(N=C(C2C(=O)OC(C)(C)OC2=O)N(Cc2ccc(CC(C)C)cc2)C(C)CCCC(C)C)c(OC)c1. The first-order valence-electron chi connectivity index (χ1n) is 14.9. The molecule has 1 unspecified atom stereocenters. The van der Waals surface area contributed by atoms with Gasteiger partial charge in [0.05, 0.1) is 14.2 Å². The van der Waals surface area contributed by atoms with Crippen molar-refractivity contribution in [3.05, 3.63) is 53.6 Å². The van der Waals surface area contributed by atoms with Crippen molar-refractivity contribution in [1.82, 2.24) is 4.90 Å². The van der Waals surface area contributed by atoms with E-state index in [1.807, 2.05) is 4.90 Å². The average molecular weight is 581 g/mol. The number of methoxy groups -OCH3 is 2. The monoisotopic (exact) mass is 580 g/mol. The van der Waals surface area contributed by atoms with Gasteiger partial charge >= 0.3 is 11.9 Å². The van der Waals surface area contributed by atoms with Gasteiger partial charge in [-0.3, -0.25) is 9.59 Å². The van der Waals surface area contributed by atoms with Gasteiger partial charge in [-0.15, -0.1) is 0 Å². The van der Waals surface area contributed by atoms with Crippen molar-refractivity contribution in [1.29, 1.82) is 0 Å². The summed E-state index contributed by atoms with van der Waals surface area (Å²) in [4.78, 5) is 33.9. The van der Waals surface area contributed by atoms with Gasteiger partial charge in [-0.25, -0.2) is 4.99 Å². The Hall–Kier alpha value is -3.55. The van der Waals surface area contributed by atoms with E-state index in [-0.39, 0.29) is 11.9 Å². The van der Waals surface area contributed by atoms with E-state index >= 15 is 0 Å². The minimum absolute atomic E-state index is 0.0439. The molecule has 230 valence electrons. The zero-order valence-electron chi connectivity index (χ0n) is 26.7. The topological polar surface area (TPSA) is 86.7 Å². The van der Waals surface area contributed by atoms with E-state index in [1.54, 1.807) is 46.3 Å². The molecule has 0 aromatic heterocycles. The molecule has 1 fully saturated rings. The maximum Gasteiger partial charge on any atom is 0.331 e. The van der Waals surface area contributed by atoms with Gasteiger partial charge in [0.25, 0.3) is 5.79 Å². The van der Waals surface area contributed by atoms with Gasteiger partial charge in [-0.05, 0) is 54.9 Å². The van der Waals surface area contributed by atoms with E-state index in [9.17, 15) is 9.59 Å². The molecule has 2 aromatic rings. The first kappa shape index (κ1) is 33.0. The Labute approximate surface area is 251 Å². The number of cyclic esters (lactones) is 2. The smallest absolute Gasteiger partial charge is 0.331 e. The summed E-state index contributed by atoms with van der Waals surface area (Å²) in [5.74, 6) is -1.62. The van der Waals surface area contributed by atoms with Crippen molar-refractivity contribution >= 4 is 23.5 Å². The summed E-state index contributed by atoms with van der Waals surface area (Å²) >= 11 is 0. The molecular formula is C34H48N2O6. The molecular weight excluding hydrogens is 532 g/mol. The molecule has 42 heavy (non-hydrogen) atoms. The number of carbonyl (C=O) groups excluding carboxylic acids is 2. The van der Waals surface area contributed by atoms with Crippen LogP contribution in [0, 0.1) is 17.8 Å². The lowest BCUT2D eigenvalue weighted by Crippen LogP contribution is -2.54. The van der Waals surface area contributed by atoms with Crippen molar-refractivity contribution in [2.24, 2.45) is 22.7 Å². The van der Waals surface area contributed by atoms with Crippen molar-refractivity contribution in [2.75, 3.05) is 14.2 Å². The second-order valence-electron chi connectivity index (χ2n) is 12.4. The molecule has 0 aliphatic carbocycles. The first-order valence-corrected chi connectivity index (χ1v) is 14.9. The summed E-state index contributed by atoms with van der Waals surface area (Å²) in [6.45, 7) is 14.5. The molecule has 0 spiro atoms. The highest BCUT2D eigenvalue weighted by atomic mass is 16.7. The van der Waals surface area contributed by atoms with Gasteiger partial charge in [0.2, 0.25) is 5.92 Å². The minimum atomic E-state index is -1.35. The van der Waals surface area contributed by atoms with Crippen LogP contribution in [-0.2, 0) is 32.0 Å². The van der Waals surface area contributed by atoms with Crippen LogP contribution in [0.3, 0.4) is 0 Å². The average Bonchev–Trinajstić information content (AvgIpc) is 2.90. The van der Waals surface area contributed by atoms with Gasteiger partial charge < -0.3 is 23.8 Å². The highest BCUT2D eigenvalue weighted by Crippen LogP contribution is 2.35. The molecule has 1 heterocycles. The predicted octanol–water partition coefficient (Wildman–Crippen LogP) is 7.10. The third kappa shape index (κ3) is 8.97. The lowest BCUT2D eigenvalue weighted by atomic mass is 9.98. The molecule has 1 saturated heterocycles. The molecule has 8 nitrogen and oxygen atoms in total. The Morgan fingerprint density at radius 1 is 0.881 bits per heavy atom. The van der Waals surface area contributed by atoms with Crippen molar-refractivity contribution in [3.63, 3.8) is 0 Å². The highest BCUT2D eigenvalue weighted by Gasteiger charge is 2.48. The Kier molecular flexibility index (Phi) is 11.4. The Morgan fingerprint density at radius 3 is 2.05 bits per heavy atom. The molecule has 0 saturated carbocycles. The molecule has 0 radical (unpaired) electrons. The van der Waals surface area contributed by atoms with Crippen LogP contribution in [-0.4, -0.2) is 48.7 Å². The third-order valence-electron chi connectivity index (χ3n) is 7.29. The molecule has 0 amide bonds. The number of benzene rings is 2. The summed E-state index contributed by atoms with van der Waals surface area (Å²) in [6, 6.07) is 13.7. The van der Waals surface area contributed by atoms with Crippen LogP contribution in [0.25, 0.3) is 0 Å². The number of carbonyl (C=O) groups is 2. The summed E-state index contributed by atoms with van der Waals surface area (Å²) in [6.07, 6.45) is 3.91. The van der Waals surface area contributed by atoms with E-state index in [4.69, 9.17) is 23.9 Å². The van der Waals surface area contributed by atoms with Gasteiger partial charge in [-0.2, -0.15) is 0 Å². The predicted molar refractivity (Wildman–Crippen MR) is 165 cm³/mol. The zero-order valence-corrected chi connectivity index (χ0v) is 26.7. The number of rotatable bonds is 13. The zero-order chi connectivity index (χ0) is 31.0. The van der Waals surface area contributed by atoms with Gasteiger partial charge in [0, 0.05) is 32.5 Å². The Balaban J connectivity index is 2.14. The quantitative estimate of drug-likeness (QED) is 0.108. The molecule has 0 bridgehead atoms. The maximum atomic E-state index is 13.5. The second-order valence-corrected chi connectivity index (χ2v) is 12.4. The van der Waals surface area contributed by atoms with Gasteiger partial charge in [0.15, 0.2) is 0 Å². The third-order valence-corrected chi connectivity index (χ3v) is 7.29. The molecule has 3 rings (SSSR count). The highest BCUT2D eigenvalue weighted by molar-refractivity contribution is 6.17. The van der Waals surface area contributed by atoms with Gasteiger partial charge in [-0.1, -0.05) is 64.8 Å². The summed E-state index contributed by atoms with van der Waals surface area (Å²) in [5.41, 5.74) is 2.78. The molecule has 0 N–H and O–H groups in total. The van der Waals surface area contributed by atoms with E-state index in [0.717, 1.165) is 31.2 Å². The number of aliphatic imine (C=N–C) groups is 1. The van der Waals surface area contributed by atoms with Crippen LogP contribution >= 0.6 is 0 Å². The Bertz CT molecular complexity index is 1220. The number of nitrogens with zero attached hydrogens (tertiary/aromatic N) is 2. The molecule has 1 aliphatic rings. The van der Waals surface area contributed by atoms with E-state index in [2.05, 4.69) is 58.9 Å². The number of hydrogen-bond acceptors (Lipinski definition) is 7. The van der Waals surface area contributed by atoms with Gasteiger partial charge in [0.1, 0.15) is 23.0 Å². The number of hydrogen-bond donors (Lipinski definition) is 0.